The fourth-order valence-corrected chi connectivity index (χ4v) is 2.02. The summed E-state index contributed by atoms with van der Waals surface area (Å²) in [5.74, 6) is -0.0384. The number of rotatable bonds is 6. The molecule has 2 rings (SSSR count). The normalized spacial score (nSPS) is 13.7. The van der Waals surface area contributed by atoms with Crippen LogP contribution in [0.2, 0.25) is 0 Å². The van der Waals surface area contributed by atoms with Crippen molar-refractivity contribution in [1.82, 2.24) is 15.1 Å². The predicted molar refractivity (Wildman–Crippen MR) is 79.4 cm³/mol. The molecule has 1 amide bonds. The van der Waals surface area contributed by atoms with Crippen LogP contribution in [0.25, 0.3) is 0 Å². The Morgan fingerprint density at radius 1 is 1.25 bits per heavy atom. The number of anilines is 1. The number of benzene rings is 1. The summed E-state index contributed by atoms with van der Waals surface area (Å²) in [6, 6.07) is 11.2. The van der Waals surface area contributed by atoms with Crippen molar-refractivity contribution in [1.29, 1.82) is 0 Å². The highest BCUT2D eigenvalue weighted by Gasteiger charge is 2.15. The summed E-state index contributed by atoms with van der Waals surface area (Å²) < 4.78 is 1.85. The van der Waals surface area contributed by atoms with Gasteiger partial charge in [-0.1, -0.05) is 18.2 Å². The van der Waals surface area contributed by atoms with E-state index in [9.17, 15) is 4.79 Å². The molecule has 106 valence electrons. The number of carbonyl (C=O) groups excluding carboxylic acids is 1. The molecule has 2 atom stereocenters. The Hall–Kier alpha value is -2.14. The Morgan fingerprint density at radius 2 is 2.00 bits per heavy atom. The van der Waals surface area contributed by atoms with E-state index >= 15 is 0 Å². The monoisotopic (exact) mass is 272 g/mol. The minimum Gasteiger partial charge on any atom is -0.325 e. The molecule has 5 nitrogen and oxygen atoms in total. The Labute approximate surface area is 119 Å². The lowest BCUT2D eigenvalue weighted by atomic mass is 10.2. The summed E-state index contributed by atoms with van der Waals surface area (Å²) in [7, 11) is 0. The van der Waals surface area contributed by atoms with Gasteiger partial charge in [0.05, 0.1) is 12.6 Å². The van der Waals surface area contributed by atoms with Gasteiger partial charge in [-0.05, 0) is 32.0 Å². The van der Waals surface area contributed by atoms with E-state index in [1.54, 1.807) is 6.20 Å². The summed E-state index contributed by atoms with van der Waals surface area (Å²) in [6.07, 6.45) is 3.66. The quantitative estimate of drug-likeness (QED) is 0.844. The van der Waals surface area contributed by atoms with Gasteiger partial charge in [-0.25, -0.2) is 0 Å². The van der Waals surface area contributed by atoms with Gasteiger partial charge in [0.25, 0.3) is 0 Å². The average Bonchev–Trinajstić information content (AvgIpc) is 2.92. The number of nitrogens with zero attached hydrogens (tertiary/aromatic N) is 2. The molecule has 0 bridgehead atoms. The van der Waals surface area contributed by atoms with Gasteiger partial charge in [-0.15, -0.1) is 0 Å². The van der Waals surface area contributed by atoms with Gasteiger partial charge in [0.2, 0.25) is 5.91 Å². The van der Waals surface area contributed by atoms with Crippen LogP contribution in [0.3, 0.4) is 0 Å². The van der Waals surface area contributed by atoms with Crippen LogP contribution in [0.1, 0.15) is 13.8 Å². The second kappa shape index (κ2) is 6.86. The molecule has 2 aromatic rings. The van der Waals surface area contributed by atoms with Crippen molar-refractivity contribution >= 4 is 11.6 Å². The first-order valence-electron chi connectivity index (χ1n) is 6.74. The number of hydrogen-bond acceptors (Lipinski definition) is 3. The van der Waals surface area contributed by atoms with Gasteiger partial charge >= 0.3 is 0 Å². The molecular weight excluding hydrogens is 252 g/mol. The predicted octanol–water partition coefficient (Wildman–Crippen LogP) is 1.89. The fourth-order valence-electron chi connectivity index (χ4n) is 2.02. The molecule has 0 saturated heterocycles. The summed E-state index contributed by atoms with van der Waals surface area (Å²) in [6.45, 7) is 4.63. The first kappa shape index (κ1) is 14.3. The average molecular weight is 272 g/mol. The molecular formula is C15H20N4O. The highest BCUT2D eigenvalue weighted by molar-refractivity contribution is 5.94. The Morgan fingerprint density at radius 3 is 2.65 bits per heavy atom. The van der Waals surface area contributed by atoms with E-state index in [-0.39, 0.29) is 18.0 Å². The van der Waals surface area contributed by atoms with Crippen molar-refractivity contribution in [3.05, 3.63) is 48.8 Å². The summed E-state index contributed by atoms with van der Waals surface area (Å²) in [5, 5.41) is 10.3. The van der Waals surface area contributed by atoms with Gasteiger partial charge in [0, 0.05) is 24.1 Å². The molecule has 1 aromatic carbocycles. The molecule has 1 heterocycles. The third-order valence-electron chi connectivity index (χ3n) is 2.99. The maximum atomic E-state index is 12.1. The Bertz CT molecular complexity index is 524. The molecule has 5 heteroatoms. The van der Waals surface area contributed by atoms with E-state index in [1.165, 1.54) is 0 Å². The van der Waals surface area contributed by atoms with Gasteiger partial charge < -0.3 is 10.6 Å². The van der Waals surface area contributed by atoms with Crippen LogP contribution in [0.4, 0.5) is 5.69 Å². The van der Waals surface area contributed by atoms with Gasteiger partial charge in [-0.3, -0.25) is 9.48 Å². The van der Waals surface area contributed by atoms with Crippen molar-refractivity contribution in [3.63, 3.8) is 0 Å². The molecule has 0 aliphatic rings. The highest BCUT2D eigenvalue weighted by Crippen LogP contribution is 2.05. The number of aromatic nitrogens is 2. The Kier molecular flexibility index (Phi) is 4.90. The number of hydrogen-bond donors (Lipinski definition) is 2. The zero-order chi connectivity index (χ0) is 14.4. The van der Waals surface area contributed by atoms with Crippen LogP contribution in [0, 0.1) is 0 Å². The molecule has 0 saturated carbocycles. The minimum atomic E-state index is -0.263. The minimum absolute atomic E-state index is 0.0384. The molecule has 0 radical (unpaired) electrons. The molecule has 1 aromatic heterocycles. The first-order chi connectivity index (χ1) is 9.65. The lowest BCUT2D eigenvalue weighted by molar-refractivity contribution is -0.118. The van der Waals surface area contributed by atoms with Crippen molar-refractivity contribution < 1.29 is 4.79 Å². The molecule has 0 spiro atoms. The van der Waals surface area contributed by atoms with Crippen LogP contribution in [0.15, 0.2) is 48.8 Å². The van der Waals surface area contributed by atoms with Crippen molar-refractivity contribution in [2.75, 3.05) is 5.32 Å². The summed E-state index contributed by atoms with van der Waals surface area (Å²) >= 11 is 0. The third kappa shape index (κ3) is 4.20. The largest absolute Gasteiger partial charge is 0.325 e. The molecule has 2 unspecified atom stereocenters. The zero-order valence-corrected chi connectivity index (χ0v) is 11.8. The highest BCUT2D eigenvalue weighted by atomic mass is 16.2. The van der Waals surface area contributed by atoms with Crippen molar-refractivity contribution in [2.45, 2.75) is 32.5 Å². The van der Waals surface area contributed by atoms with E-state index in [0.29, 0.717) is 0 Å². The maximum absolute atomic E-state index is 12.1. The molecule has 20 heavy (non-hydrogen) atoms. The van der Waals surface area contributed by atoms with E-state index in [0.717, 1.165) is 12.2 Å². The topological polar surface area (TPSA) is 59.0 Å². The third-order valence-corrected chi connectivity index (χ3v) is 2.99. The number of nitrogens with one attached hydrogen (secondary N) is 2. The van der Waals surface area contributed by atoms with Crippen LogP contribution in [-0.4, -0.2) is 27.8 Å². The molecule has 0 aliphatic carbocycles. The van der Waals surface area contributed by atoms with Gasteiger partial charge in [0.15, 0.2) is 0 Å². The van der Waals surface area contributed by atoms with E-state index in [4.69, 9.17) is 0 Å². The summed E-state index contributed by atoms with van der Waals surface area (Å²) in [4.78, 5) is 12.1. The van der Waals surface area contributed by atoms with Crippen LogP contribution in [-0.2, 0) is 11.3 Å². The van der Waals surface area contributed by atoms with Gasteiger partial charge in [-0.2, -0.15) is 5.10 Å². The number of para-hydroxylation sites is 1. The standard InChI is InChI=1S/C15H20N4O/c1-12(11-19-10-6-9-16-19)17-13(2)15(20)18-14-7-4-3-5-8-14/h3-10,12-13,17H,11H2,1-2H3,(H,18,20). The smallest absolute Gasteiger partial charge is 0.241 e. The molecule has 0 aliphatic heterocycles. The lowest BCUT2D eigenvalue weighted by Gasteiger charge is -2.19. The Balaban J connectivity index is 1.81. The SMILES string of the molecule is CC(Cn1cccn1)NC(C)C(=O)Nc1ccccc1. The fraction of sp³-hybridized carbons (Fsp3) is 0.333. The van der Waals surface area contributed by atoms with Crippen LogP contribution < -0.4 is 10.6 Å². The van der Waals surface area contributed by atoms with Gasteiger partial charge in [0.1, 0.15) is 0 Å². The second-order valence-corrected chi connectivity index (χ2v) is 4.87. The van der Waals surface area contributed by atoms with Crippen molar-refractivity contribution in [2.24, 2.45) is 0 Å². The second-order valence-electron chi connectivity index (χ2n) is 4.87. The molecule has 2 N–H and O–H groups in total. The van der Waals surface area contributed by atoms with E-state index in [1.807, 2.05) is 61.1 Å². The summed E-state index contributed by atoms with van der Waals surface area (Å²) in [5.41, 5.74) is 0.811. The lowest BCUT2D eigenvalue weighted by Crippen LogP contribution is -2.44. The van der Waals surface area contributed by atoms with E-state index < -0.39 is 0 Å². The van der Waals surface area contributed by atoms with Crippen molar-refractivity contribution in [3.8, 4) is 0 Å². The van der Waals surface area contributed by atoms with E-state index in [2.05, 4.69) is 15.7 Å². The maximum Gasteiger partial charge on any atom is 0.241 e. The number of amides is 1. The number of carbonyl (C=O) groups is 1. The zero-order valence-electron chi connectivity index (χ0n) is 11.8. The van der Waals surface area contributed by atoms with Crippen LogP contribution >= 0.6 is 0 Å². The first-order valence-corrected chi connectivity index (χ1v) is 6.74. The molecule has 0 fully saturated rings. The van der Waals surface area contributed by atoms with Crippen LogP contribution in [0.5, 0.6) is 0 Å².